The van der Waals surface area contributed by atoms with Crippen molar-refractivity contribution in [2.75, 3.05) is 20.1 Å². The Bertz CT molecular complexity index is 1630. The lowest BCUT2D eigenvalue weighted by molar-refractivity contribution is -0.130. The van der Waals surface area contributed by atoms with Crippen LogP contribution in [0.4, 0.5) is 13.2 Å². The molecule has 1 aromatic carbocycles. The molecule has 5 rings (SSSR count). The molecule has 0 aliphatic carbocycles. The molecule has 4 heterocycles. The third-order valence-corrected chi connectivity index (χ3v) is 8.58. The van der Waals surface area contributed by atoms with E-state index in [1.165, 1.54) is 12.1 Å². The third-order valence-electron chi connectivity index (χ3n) is 8.58. The van der Waals surface area contributed by atoms with Crippen molar-refractivity contribution < 1.29 is 32.0 Å². The van der Waals surface area contributed by atoms with E-state index in [9.17, 15) is 23.2 Å². The number of amides is 1. The van der Waals surface area contributed by atoms with E-state index in [1.54, 1.807) is 18.7 Å². The summed E-state index contributed by atoms with van der Waals surface area (Å²) in [5, 5.41) is 13.4. The SMILES string of the molecule is C=CC(=O)N1CC[C@H](Oc2cc(O[C@@H](C)[C@@H]3C[C@@H](F)CN3C)nc(-c3noc(C(C)(C)c4cc(F)ccc4F)n3)n2)C[C@H]1CC#N. The van der Waals surface area contributed by atoms with Gasteiger partial charge in [-0.3, -0.25) is 9.69 Å². The number of nitrogens with zero attached hydrogens (tertiary/aromatic N) is 7. The first-order valence-electron chi connectivity index (χ1n) is 15.1. The van der Waals surface area contributed by atoms with Gasteiger partial charge in [-0.2, -0.15) is 20.2 Å². The number of carbonyl (C=O) groups is 1. The molecule has 0 unspecified atom stereocenters. The average molecular weight is 640 g/mol. The van der Waals surface area contributed by atoms with E-state index >= 15 is 0 Å². The number of hydrogen-bond donors (Lipinski definition) is 0. The van der Waals surface area contributed by atoms with Crippen molar-refractivity contribution in [1.29, 1.82) is 5.26 Å². The van der Waals surface area contributed by atoms with Crippen LogP contribution in [-0.4, -0.2) is 86.4 Å². The fourth-order valence-corrected chi connectivity index (χ4v) is 6.07. The minimum absolute atomic E-state index is 0.00192. The fraction of sp³-hybridized carbons (Fsp3) is 0.500. The molecule has 244 valence electrons. The number of ether oxygens (including phenoxy) is 2. The van der Waals surface area contributed by atoms with Crippen molar-refractivity contribution >= 4 is 5.91 Å². The number of likely N-dealkylation sites (tertiary alicyclic amines) is 2. The van der Waals surface area contributed by atoms with Crippen LogP contribution in [0.3, 0.4) is 0 Å². The van der Waals surface area contributed by atoms with Crippen LogP contribution in [0.15, 0.2) is 41.4 Å². The van der Waals surface area contributed by atoms with Crippen molar-refractivity contribution in [1.82, 2.24) is 29.9 Å². The highest BCUT2D eigenvalue weighted by molar-refractivity contribution is 5.87. The van der Waals surface area contributed by atoms with Crippen molar-refractivity contribution in [3.63, 3.8) is 0 Å². The number of likely N-dealkylation sites (N-methyl/N-ethyl adjacent to an activating group) is 1. The predicted octanol–water partition coefficient (Wildman–Crippen LogP) is 4.78. The maximum absolute atomic E-state index is 14.7. The summed E-state index contributed by atoms with van der Waals surface area (Å²) in [6.07, 6.45) is 0.684. The molecule has 0 bridgehead atoms. The van der Waals surface area contributed by atoms with Crippen molar-refractivity contribution in [3.8, 4) is 29.5 Å². The molecule has 2 fully saturated rings. The Hall–Kier alpha value is -4.51. The lowest BCUT2D eigenvalue weighted by Crippen LogP contribution is -2.48. The van der Waals surface area contributed by atoms with Gasteiger partial charge in [0.05, 0.1) is 24.0 Å². The van der Waals surface area contributed by atoms with E-state index in [0.29, 0.717) is 32.4 Å². The van der Waals surface area contributed by atoms with E-state index in [1.807, 2.05) is 18.9 Å². The second-order valence-electron chi connectivity index (χ2n) is 12.2. The molecule has 3 aromatic rings. The normalized spacial score (nSPS) is 22.7. The molecule has 46 heavy (non-hydrogen) atoms. The van der Waals surface area contributed by atoms with E-state index in [2.05, 4.69) is 32.8 Å². The van der Waals surface area contributed by atoms with Crippen molar-refractivity contribution in [3.05, 3.63) is 60.0 Å². The van der Waals surface area contributed by atoms with Crippen LogP contribution in [0, 0.1) is 23.0 Å². The highest BCUT2D eigenvalue weighted by Gasteiger charge is 2.36. The van der Waals surface area contributed by atoms with E-state index in [-0.39, 0.29) is 59.3 Å². The summed E-state index contributed by atoms with van der Waals surface area (Å²) in [6.45, 7) is 9.28. The summed E-state index contributed by atoms with van der Waals surface area (Å²) in [5.41, 5.74) is -1.18. The summed E-state index contributed by atoms with van der Waals surface area (Å²) >= 11 is 0. The van der Waals surface area contributed by atoms with Crippen LogP contribution in [0.1, 0.15) is 57.9 Å². The van der Waals surface area contributed by atoms with Gasteiger partial charge in [-0.15, -0.1) is 0 Å². The molecule has 5 atom stereocenters. The van der Waals surface area contributed by atoms with Crippen LogP contribution in [0.5, 0.6) is 11.8 Å². The molecule has 2 aliphatic heterocycles. The zero-order chi connectivity index (χ0) is 33.2. The summed E-state index contributed by atoms with van der Waals surface area (Å²) in [4.78, 5) is 29.3. The maximum Gasteiger partial charge on any atom is 0.246 e. The number of hydrogen-bond acceptors (Lipinski definition) is 10. The number of halogens is 3. The summed E-state index contributed by atoms with van der Waals surface area (Å²) in [5.74, 6) is -1.31. The fourth-order valence-electron chi connectivity index (χ4n) is 6.07. The first-order chi connectivity index (χ1) is 21.9. The molecule has 11 nitrogen and oxygen atoms in total. The van der Waals surface area contributed by atoms with Gasteiger partial charge < -0.3 is 18.9 Å². The number of carbonyl (C=O) groups excluding carboxylic acids is 1. The Morgan fingerprint density at radius 1 is 1.22 bits per heavy atom. The number of alkyl halides is 1. The zero-order valence-corrected chi connectivity index (χ0v) is 26.1. The van der Waals surface area contributed by atoms with Crippen LogP contribution in [0.2, 0.25) is 0 Å². The third kappa shape index (κ3) is 6.99. The molecular weight excluding hydrogens is 603 g/mol. The van der Waals surface area contributed by atoms with Gasteiger partial charge >= 0.3 is 0 Å². The smallest absolute Gasteiger partial charge is 0.246 e. The van der Waals surface area contributed by atoms with Gasteiger partial charge in [0.15, 0.2) is 0 Å². The van der Waals surface area contributed by atoms with Crippen molar-refractivity contribution in [2.24, 2.45) is 0 Å². The van der Waals surface area contributed by atoms with Gasteiger partial charge in [0, 0.05) is 43.6 Å². The van der Waals surface area contributed by atoms with Gasteiger partial charge in [-0.25, -0.2) is 13.2 Å². The van der Waals surface area contributed by atoms with Crippen molar-refractivity contribution in [2.45, 2.75) is 82.3 Å². The molecule has 0 saturated carbocycles. The number of piperidine rings is 1. The molecule has 2 saturated heterocycles. The van der Waals surface area contributed by atoms with Gasteiger partial charge in [-0.05, 0) is 58.5 Å². The molecule has 0 spiro atoms. The zero-order valence-electron chi connectivity index (χ0n) is 26.1. The quantitative estimate of drug-likeness (QED) is 0.286. The van der Waals surface area contributed by atoms with E-state index < -0.39 is 35.4 Å². The molecule has 0 radical (unpaired) electrons. The van der Waals surface area contributed by atoms with Gasteiger partial charge in [0.1, 0.15) is 30.0 Å². The minimum atomic E-state index is -1.21. The van der Waals surface area contributed by atoms with Gasteiger partial charge in [0.25, 0.3) is 0 Å². The van der Waals surface area contributed by atoms with E-state index in [0.717, 1.165) is 18.2 Å². The van der Waals surface area contributed by atoms with E-state index in [4.69, 9.17) is 14.0 Å². The number of nitriles is 1. The minimum Gasteiger partial charge on any atom is -0.474 e. The largest absolute Gasteiger partial charge is 0.474 e. The molecule has 2 aliphatic rings. The summed E-state index contributed by atoms with van der Waals surface area (Å²) in [6, 6.07) is 6.20. The van der Waals surface area contributed by atoms with Gasteiger partial charge in [0.2, 0.25) is 35.2 Å². The van der Waals surface area contributed by atoms with Crippen LogP contribution < -0.4 is 9.47 Å². The Balaban J connectivity index is 1.45. The predicted molar refractivity (Wildman–Crippen MR) is 159 cm³/mol. The lowest BCUT2D eigenvalue weighted by atomic mass is 9.84. The van der Waals surface area contributed by atoms with Crippen LogP contribution in [0.25, 0.3) is 11.6 Å². The first kappa shape index (κ1) is 32.9. The Labute approximate surface area is 265 Å². The second-order valence-corrected chi connectivity index (χ2v) is 12.2. The van der Waals surface area contributed by atoms with Crippen LogP contribution in [-0.2, 0) is 10.2 Å². The lowest BCUT2D eigenvalue weighted by Gasteiger charge is -2.37. The second kappa shape index (κ2) is 13.5. The first-order valence-corrected chi connectivity index (χ1v) is 15.1. The maximum atomic E-state index is 14.7. The molecule has 1 amide bonds. The highest BCUT2D eigenvalue weighted by Crippen LogP contribution is 2.34. The standard InChI is InChI=1S/C32H36F3N7O4/c1-6-28(43)42-12-10-22(15-21(42)9-11-36)45-27-16-26(44-18(2)25-14-20(34)17-41(25)5)37-29(38-27)30-39-31(46-40-30)32(3,4)23-13-19(33)7-8-24(23)35/h6-8,13,16,18,20-22,25H,1,9-10,12,14-15,17H2,2-5H3/t18-,20+,21+,22-,25-/m0/s1. The molecule has 0 N–H and O–H groups in total. The summed E-state index contributed by atoms with van der Waals surface area (Å²) < 4.78 is 60.8. The highest BCUT2D eigenvalue weighted by atomic mass is 19.1. The average Bonchev–Trinajstić information content (AvgIpc) is 3.65. The molecule has 14 heteroatoms. The van der Waals surface area contributed by atoms with Crippen LogP contribution >= 0.6 is 0 Å². The number of rotatable bonds is 10. The topological polar surface area (TPSA) is 130 Å². The Kier molecular flexibility index (Phi) is 9.62. The Morgan fingerprint density at radius 3 is 2.67 bits per heavy atom. The summed E-state index contributed by atoms with van der Waals surface area (Å²) in [7, 11) is 1.83. The monoisotopic (exact) mass is 639 g/mol. The number of aromatic nitrogens is 4. The molecular formula is C32H36F3N7O4. The molecule has 2 aromatic heterocycles. The number of benzene rings is 1. The Morgan fingerprint density at radius 2 is 1.98 bits per heavy atom. The van der Waals surface area contributed by atoms with Gasteiger partial charge in [-0.1, -0.05) is 11.7 Å².